The Hall–Kier alpha value is -0.330. The van der Waals surface area contributed by atoms with Crippen LogP contribution < -0.4 is 0 Å². The molecule has 0 atom stereocenters. The molecule has 0 aromatic rings. The van der Waals surface area contributed by atoms with E-state index in [1.165, 1.54) is 19.1 Å². The van der Waals surface area contributed by atoms with Gasteiger partial charge in [-0.1, -0.05) is 0 Å². The molecule has 0 aliphatic heterocycles. The van der Waals surface area contributed by atoms with E-state index in [4.69, 9.17) is 5.41 Å². The molecule has 0 saturated heterocycles. The van der Waals surface area contributed by atoms with Crippen molar-refractivity contribution < 1.29 is 0 Å². The molecule has 1 N–H and O–H groups in total. The molecule has 1 nitrogen and oxygen atoms in total. The van der Waals surface area contributed by atoms with Gasteiger partial charge in [0.15, 0.2) is 0 Å². The van der Waals surface area contributed by atoms with Crippen LogP contribution in [0.5, 0.6) is 0 Å². The Morgan fingerprint density at radius 3 is 2.20 bits per heavy atom. The van der Waals surface area contributed by atoms with Gasteiger partial charge in [0.1, 0.15) is 0 Å². The van der Waals surface area contributed by atoms with Crippen molar-refractivity contribution in [3.05, 3.63) is 0 Å². The van der Waals surface area contributed by atoms with E-state index in [0.29, 0.717) is 5.92 Å². The molecule has 1 aliphatic carbocycles. The van der Waals surface area contributed by atoms with Gasteiger partial charge in [-0.25, -0.2) is 0 Å². The molecule has 0 unspecified atom stereocenters. The van der Waals surface area contributed by atoms with E-state index in [1.807, 2.05) is 0 Å². The molecule has 0 amide bonds. The third-order valence-electron chi connectivity index (χ3n) is 0.858. The van der Waals surface area contributed by atoms with Gasteiger partial charge >= 0.3 is 0 Å². The molecule has 0 heterocycles. The fourth-order valence-corrected chi connectivity index (χ4v) is 0.263. The molecule has 1 aliphatic rings. The maximum atomic E-state index is 6.59. The summed E-state index contributed by atoms with van der Waals surface area (Å²) in [6.45, 7) is 0. The number of rotatable bonds is 1. The van der Waals surface area contributed by atoms with Gasteiger partial charge in [-0.3, -0.25) is 0 Å². The first-order valence-corrected chi connectivity index (χ1v) is 1.94. The summed E-state index contributed by atoms with van der Waals surface area (Å²) in [5, 5.41) is 6.59. The van der Waals surface area contributed by atoms with E-state index in [0.717, 1.165) is 0 Å². The minimum absolute atomic E-state index is 0.676. The van der Waals surface area contributed by atoms with Crippen molar-refractivity contribution in [1.82, 2.24) is 0 Å². The number of nitrogens with one attached hydrogen (secondary N) is 1. The molecule has 0 aromatic carbocycles. The zero-order valence-electron chi connectivity index (χ0n) is 3.07. The molecule has 1 heteroatoms. The van der Waals surface area contributed by atoms with E-state index in [2.05, 4.69) is 0 Å². The first kappa shape index (κ1) is 2.88. The normalized spacial score (nSPS) is 22.4. The van der Waals surface area contributed by atoms with E-state index in [9.17, 15) is 0 Å². The molecular formula is C4H7N. The number of hydrogen-bond donors (Lipinski definition) is 1. The van der Waals surface area contributed by atoms with Crippen molar-refractivity contribution in [1.29, 1.82) is 5.41 Å². The average molecular weight is 69.1 g/mol. The van der Waals surface area contributed by atoms with E-state index < -0.39 is 0 Å². The predicted octanol–water partition coefficient (Wildman–Crippen LogP) is 1.05. The molecule has 0 radical (unpaired) electrons. The van der Waals surface area contributed by atoms with Crippen LogP contribution in [0, 0.1) is 11.3 Å². The van der Waals surface area contributed by atoms with Gasteiger partial charge in [-0.05, 0) is 25.0 Å². The third kappa shape index (κ3) is 0.469. The Kier molecular flexibility index (Phi) is 0.469. The molecule has 28 valence electrons. The largest absolute Gasteiger partial charge is 0.313 e. The van der Waals surface area contributed by atoms with Gasteiger partial charge in [0, 0.05) is 0 Å². The SMILES string of the molecule is N=CC1CC1. The summed E-state index contributed by atoms with van der Waals surface area (Å²) in [6, 6.07) is 0. The Balaban J connectivity index is 2.21. The van der Waals surface area contributed by atoms with E-state index in [-0.39, 0.29) is 0 Å². The molecule has 0 spiro atoms. The fourth-order valence-electron chi connectivity index (χ4n) is 0.263. The summed E-state index contributed by atoms with van der Waals surface area (Å²) in [5.41, 5.74) is 0. The second-order valence-corrected chi connectivity index (χ2v) is 1.50. The van der Waals surface area contributed by atoms with Crippen LogP contribution in [0.15, 0.2) is 0 Å². The van der Waals surface area contributed by atoms with Crippen LogP contribution >= 0.6 is 0 Å². The summed E-state index contributed by atoms with van der Waals surface area (Å²) in [6.07, 6.45) is 4.06. The summed E-state index contributed by atoms with van der Waals surface area (Å²) in [7, 11) is 0. The molecule has 1 saturated carbocycles. The van der Waals surface area contributed by atoms with Crippen LogP contribution in [-0.2, 0) is 0 Å². The highest BCUT2D eigenvalue weighted by Gasteiger charge is 2.16. The van der Waals surface area contributed by atoms with E-state index in [1.54, 1.807) is 0 Å². The standard InChI is InChI=1S/C4H7N/c5-3-4-1-2-4/h3-5H,1-2H2. The van der Waals surface area contributed by atoms with Crippen molar-refractivity contribution in [2.24, 2.45) is 5.92 Å². The van der Waals surface area contributed by atoms with Gasteiger partial charge in [0.05, 0.1) is 0 Å². The van der Waals surface area contributed by atoms with E-state index >= 15 is 0 Å². The quantitative estimate of drug-likeness (QED) is 0.445. The van der Waals surface area contributed by atoms with Crippen molar-refractivity contribution in [3.8, 4) is 0 Å². The van der Waals surface area contributed by atoms with Crippen molar-refractivity contribution >= 4 is 6.21 Å². The van der Waals surface area contributed by atoms with Crippen molar-refractivity contribution in [3.63, 3.8) is 0 Å². The van der Waals surface area contributed by atoms with Crippen LogP contribution in [0.2, 0.25) is 0 Å². The lowest BCUT2D eigenvalue weighted by Crippen LogP contribution is -1.64. The Morgan fingerprint density at radius 2 is 2.20 bits per heavy atom. The summed E-state index contributed by atoms with van der Waals surface area (Å²) in [5.74, 6) is 0.676. The van der Waals surface area contributed by atoms with Crippen LogP contribution in [0.4, 0.5) is 0 Å². The van der Waals surface area contributed by atoms with Gasteiger partial charge in [0.25, 0.3) is 0 Å². The Labute approximate surface area is 31.5 Å². The summed E-state index contributed by atoms with van der Waals surface area (Å²) in [4.78, 5) is 0. The van der Waals surface area contributed by atoms with Crippen LogP contribution in [0.1, 0.15) is 12.8 Å². The second-order valence-electron chi connectivity index (χ2n) is 1.50. The third-order valence-corrected chi connectivity index (χ3v) is 0.858. The molecular weight excluding hydrogens is 62.1 g/mol. The summed E-state index contributed by atoms with van der Waals surface area (Å²) < 4.78 is 0. The highest BCUT2D eigenvalue weighted by molar-refractivity contribution is 5.59. The molecule has 5 heavy (non-hydrogen) atoms. The first-order chi connectivity index (χ1) is 2.43. The summed E-state index contributed by atoms with van der Waals surface area (Å²) >= 11 is 0. The average Bonchev–Trinajstić information content (AvgIpc) is 2.12. The van der Waals surface area contributed by atoms with Gasteiger partial charge < -0.3 is 5.41 Å². The maximum absolute atomic E-state index is 6.59. The lowest BCUT2D eigenvalue weighted by atomic mass is 10.5. The Morgan fingerprint density at radius 1 is 1.60 bits per heavy atom. The van der Waals surface area contributed by atoms with Gasteiger partial charge in [-0.15, -0.1) is 0 Å². The zero-order chi connectivity index (χ0) is 3.70. The first-order valence-electron chi connectivity index (χ1n) is 1.94. The lowest BCUT2D eigenvalue weighted by molar-refractivity contribution is 1.21. The minimum Gasteiger partial charge on any atom is -0.313 e. The van der Waals surface area contributed by atoms with Crippen LogP contribution in [0.3, 0.4) is 0 Å². The Bertz CT molecular complexity index is 45.6. The molecule has 0 bridgehead atoms. The van der Waals surface area contributed by atoms with Crippen molar-refractivity contribution in [2.75, 3.05) is 0 Å². The molecule has 0 aromatic heterocycles. The number of hydrogen-bond acceptors (Lipinski definition) is 1. The lowest BCUT2D eigenvalue weighted by Gasteiger charge is -1.61. The smallest absolute Gasteiger partial charge is 0.00167 e. The molecule has 1 fully saturated rings. The zero-order valence-corrected chi connectivity index (χ0v) is 3.07. The second kappa shape index (κ2) is 0.814. The maximum Gasteiger partial charge on any atom is -0.00167 e. The topological polar surface area (TPSA) is 23.9 Å². The van der Waals surface area contributed by atoms with Crippen molar-refractivity contribution in [2.45, 2.75) is 12.8 Å². The van der Waals surface area contributed by atoms with Gasteiger partial charge in [-0.2, -0.15) is 0 Å². The monoisotopic (exact) mass is 69.1 g/mol. The van der Waals surface area contributed by atoms with Crippen LogP contribution in [0.25, 0.3) is 0 Å². The highest BCUT2D eigenvalue weighted by Crippen LogP contribution is 2.25. The fraction of sp³-hybridized carbons (Fsp3) is 0.750. The predicted molar refractivity (Wildman–Crippen MR) is 21.5 cm³/mol. The molecule has 1 rings (SSSR count). The van der Waals surface area contributed by atoms with Crippen LogP contribution in [-0.4, -0.2) is 6.21 Å². The highest BCUT2D eigenvalue weighted by atomic mass is 14.4. The van der Waals surface area contributed by atoms with Gasteiger partial charge in [0.2, 0.25) is 0 Å². The minimum atomic E-state index is 0.676.